The lowest BCUT2D eigenvalue weighted by Crippen LogP contribution is -2.28. The third kappa shape index (κ3) is 5.14. The molecule has 4 rings (SSSR count). The van der Waals surface area contributed by atoms with Crippen LogP contribution in [0.25, 0.3) is 11.3 Å². The molecule has 156 valence electrons. The largest absolute Gasteiger partial charge is 0.334 e. The van der Waals surface area contributed by atoms with Crippen LogP contribution >= 0.6 is 0 Å². The molecule has 0 spiro atoms. The van der Waals surface area contributed by atoms with E-state index < -0.39 is 17.7 Å². The van der Waals surface area contributed by atoms with Crippen molar-refractivity contribution in [3.63, 3.8) is 0 Å². The van der Waals surface area contributed by atoms with Crippen LogP contribution in [0.15, 0.2) is 85.1 Å². The van der Waals surface area contributed by atoms with Crippen LogP contribution in [-0.2, 0) is 13.1 Å². The van der Waals surface area contributed by atoms with Crippen molar-refractivity contribution in [2.45, 2.75) is 13.1 Å². The van der Waals surface area contributed by atoms with E-state index in [-0.39, 0.29) is 12.2 Å². The van der Waals surface area contributed by atoms with Crippen molar-refractivity contribution < 1.29 is 13.6 Å². The molecule has 1 aromatic heterocycles. The number of aromatic nitrogens is 2. The first kappa shape index (κ1) is 20.3. The van der Waals surface area contributed by atoms with Gasteiger partial charge in [0.1, 0.15) is 11.6 Å². The number of urea groups is 1. The molecular weight excluding hydrogens is 398 g/mol. The molecular formula is C24H20F2N4O. The highest BCUT2D eigenvalue weighted by molar-refractivity contribution is 5.89. The maximum absolute atomic E-state index is 13.8. The van der Waals surface area contributed by atoms with Crippen LogP contribution in [0.3, 0.4) is 0 Å². The minimum absolute atomic E-state index is 0.0954. The molecule has 0 saturated carbocycles. The van der Waals surface area contributed by atoms with Gasteiger partial charge in [-0.25, -0.2) is 13.6 Å². The number of nitrogens with one attached hydrogen (secondary N) is 2. The minimum Gasteiger partial charge on any atom is -0.334 e. The standard InChI is InChI=1S/C24H20F2N4O/c25-20-11-12-22(21(26)13-20)28-24(31)27-14-19-16-30(15-17-7-3-1-4-8-17)29-23(19)18-9-5-2-6-10-18/h1-13,16H,14-15H2,(H2,27,28,31). The van der Waals surface area contributed by atoms with Crippen molar-refractivity contribution in [1.29, 1.82) is 0 Å². The van der Waals surface area contributed by atoms with Crippen LogP contribution in [0.4, 0.5) is 19.3 Å². The van der Waals surface area contributed by atoms with Crippen LogP contribution in [-0.4, -0.2) is 15.8 Å². The fourth-order valence-corrected chi connectivity index (χ4v) is 3.22. The molecule has 0 bridgehead atoms. The summed E-state index contributed by atoms with van der Waals surface area (Å²) in [6.45, 7) is 0.779. The van der Waals surface area contributed by atoms with Gasteiger partial charge < -0.3 is 10.6 Å². The molecule has 0 fully saturated rings. The van der Waals surface area contributed by atoms with E-state index in [0.717, 1.165) is 34.5 Å². The monoisotopic (exact) mass is 418 g/mol. The Balaban J connectivity index is 1.51. The van der Waals surface area contributed by atoms with Crippen molar-refractivity contribution >= 4 is 11.7 Å². The van der Waals surface area contributed by atoms with Crippen LogP contribution in [0.5, 0.6) is 0 Å². The number of carbonyl (C=O) groups excluding carboxylic acids is 1. The van der Waals surface area contributed by atoms with E-state index in [1.165, 1.54) is 6.07 Å². The van der Waals surface area contributed by atoms with Crippen molar-refractivity contribution in [2.24, 2.45) is 0 Å². The van der Waals surface area contributed by atoms with Crippen LogP contribution in [0.2, 0.25) is 0 Å². The van der Waals surface area contributed by atoms with Gasteiger partial charge in [0.2, 0.25) is 0 Å². The first-order valence-corrected chi connectivity index (χ1v) is 9.74. The zero-order valence-electron chi connectivity index (χ0n) is 16.6. The van der Waals surface area contributed by atoms with E-state index in [0.29, 0.717) is 6.54 Å². The maximum atomic E-state index is 13.8. The summed E-state index contributed by atoms with van der Waals surface area (Å²) in [6, 6.07) is 22.0. The van der Waals surface area contributed by atoms with Crippen molar-refractivity contribution in [1.82, 2.24) is 15.1 Å². The predicted octanol–water partition coefficient (Wildman–Crippen LogP) is 5.20. The third-order valence-electron chi connectivity index (χ3n) is 4.69. The molecule has 1 heterocycles. The number of hydrogen-bond acceptors (Lipinski definition) is 2. The average molecular weight is 418 g/mol. The van der Waals surface area contributed by atoms with Gasteiger partial charge in [-0.2, -0.15) is 5.10 Å². The number of rotatable bonds is 6. The van der Waals surface area contributed by atoms with Gasteiger partial charge in [-0.05, 0) is 17.7 Å². The molecule has 0 saturated heterocycles. The summed E-state index contributed by atoms with van der Waals surface area (Å²) in [7, 11) is 0. The van der Waals surface area contributed by atoms with Crippen LogP contribution in [0, 0.1) is 11.6 Å². The Bertz CT molecular complexity index is 1180. The quantitative estimate of drug-likeness (QED) is 0.452. The number of anilines is 1. The molecule has 2 N–H and O–H groups in total. The number of amides is 2. The van der Waals surface area contributed by atoms with Crippen molar-refractivity contribution in [2.75, 3.05) is 5.32 Å². The molecule has 31 heavy (non-hydrogen) atoms. The normalized spacial score (nSPS) is 10.6. The van der Waals surface area contributed by atoms with Crippen LogP contribution < -0.4 is 10.6 Å². The smallest absolute Gasteiger partial charge is 0.319 e. The molecule has 0 atom stereocenters. The van der Waals surface area contributed by atoms with Gasteiger partial charge in [0.15, 0.2) is 0 Å². The highest BCUT2D eigenvalue weighted by atomic mass is 19.1. The van der Waals surface area contributed by atoms with Crippen molar-refractivity contribution in [3.05, 3.63) is 108 Å². The highest BCUT2D eigenvalue weighted by Gasteiger charge is 2.14. The molecule has 5 nitrogen and oxygen atoms in total. The summed E-state index contributed by atoms with van der Waals surface area (Å²) < 4.78 is 28.6. The van der Waals surface area contributed by atoms with E-state index in [9.17, 15) is 13.6 Å². The summed E-state index contributed by atoms with van der Waals surface area (Å²) >= 11 is 0. The lowest BCUT2D eigenvalue weighted by molar-refractivity contribution is 0.251. The topological polar surface area (TPSA) is 59.0 Å². The van der Waals surface area contributed by atoms with E-state index in [1.807, 2.05) is 71.5 Å². The second-order valence-corrected chi connectivity index (χ2v) is 6.98. The Labute approximate surface area is 178 Å². The van der Waals surface area contributed by atoms with Crippen LogP contribution in [0.1, 0.15) is 11.1 Å². The van der Waals surface area contributed by atoms with E-state index in [1.54, 1.807) is 0 Å². The van der Waals surface area contributed by atoms with Gasteiger partial charge in [0, 0.05) is 29.9 Å². The molecule has 3 aromatic carbocycles. The van der Waals surface area contributed by atoms with Gasteiger partial charge in [-0.15, -0.1) is 0 Å². The number of benzene rings is 3. The second-order valence-electron chi connectivity index (χ2n) is 6.98. The number of carbonyl (C=O) groups is 1. The van der Waals surface area contributed by atoms with Crippen molar-refractivity contribution in [3.8, 4) is 11.3 Å². The first-order chi connectivity index (χ1) is 15.1. The summed E-state index contributed by atoms with van der Waals surface area (Å²) in [5.74, 6) is -1.54. The van der Waals surface area contributed by atoms with Gasteiger partial charge in [-0.3, -0.25) is 4.68 Å². The fourth-order valence-electron chi connectivity index (χ4n) is 3.22. The fraction of sp³-hybridized carbons (Fsp3) is 0.0833. The number of nitrogens with zero attached hydrogens (tertiary/aromatic N) is 2. The summed E-state index contributed by atoms with van der Waals surface area (Å²) in [4.78, 5) is 12.3. The van der Waals surface area contributed by atoms with Gasteiger partial charge in [0.25, 0.3) is 0 Å². The Morgan fingerprint density at radius 2 is 1.65 bits per heavy atom. The second kappa shape index (κ2) is 9.21. The lowest BCUT2D eigenvalue weighted by Gasteiger charge is -2.08. The number of hydrogen-bond donors (Lipinski definition) is 2. The van der Waals surface area contributed by atoms with E-state index >= 15 is 0 Å². The summed E-state index contributed by atoms with van der Waals surface area (Å²) in [5, 5.41) is 9.81. The molecule has 0 radical (unpaired) electrons. The average Bonchev–Trinajstić information content (AvgIpc) is 3.18. The Morgan fingerprint density at radius 3 is 2.35 bits per heavy atom. The Hall–Kier alpha value is -4.00. The highest BCUT2D eigenvalue weighted by Crippen LogP contribution is 2.22. The first-order valence-electron chi connectivity index (χ1n) is 9.74. The SMILES string of the molecule is O=C(NCc1cn(Cc2ccccc2)nc1-c1ccccc1)Nc1ccc(F)cc1F. The van der Waals surface area contributed by atoms with E-state index in [4.69, 9.17) is 5.10 Å². The van der Waals surface area contributed by atoms with Gasteiger partial charge in [0.05, 0.1) is 17.9 Å². The molecule has 4 aromatic rings. The van der Waals surface area contributed by atoms with Gasteiger partial charge in [-0.1, -0.05) is 60.7 Å². The van der Waals surface area contributed by atoms with E-state index in [2.05, 4.69) is 10.6 Å². The maximum Gasteiger partial charge on any atom is 0.319 e. The minimum atomic E-state index is -0.837. The Morgan fingerprint density at radius 1 is 0.935 bits per heavy atom. The molecule has 0 aliphatic heterocycles. The predicted molar refractivity (Wildman–Crippen MR) is 115 cm³/mol. The summed E-state index contributed by atoms with van der Waals surface area (Å²) in [6.07, 6.45) is 1.88. The molecule has 2 amide bonds. The lowest BCUT2D eigenvalue weighted by atomic mass is 10.1. The number of halogens is 2. The molecule has 0 aliphatic rings. The zero-order chi connectivity index (χ0) is 21.6. The molecule has 0 unspecified atom stereocenters. The Kier molecular flexibility index (Phi) is 6.03. The molecule has 0 aliphatic carbocycles. The molecule has 7 heteroatoms. The van der Waals surface area contributed by atoms with Gasteiger partial charge >= 0.3 is 6.03 Å². The summed E-state index contributed by atoms with van der Waals surface area (Å²) in [5.41, 5.74) is 3.51. The zero-order valence-corrected chi connectivity index (χ0v) is 16.6. The third-order valence-corrected chi connectivity index (χ3v) is 4.69.